The summed E-state index contributed by atoms with van der Waals surface area (Å²) in [5.41, 5.74) is 1.03. The van der Waals surface area contributed by atoms with Crippen LogP contribution in [0, 0.1) is 0 Å². The molecule has 0 aliphatic carbocycles. The molecule has 0 amide bonds. The molecule has 1 atom stereocenters. The third-order valence-electron chi connectivity index (χ3n) is 3.94. The van der Waals surface area contributed by atoms with Crippen molar-refractivity contribution in [3.05, 3.63) is 29.8 Å². The van der Waals surface area contributed by atoms with Gasteiger partial charge in [0.05, 0.1) is 20.2 Å². The summed E-state index contributed by atoms with van der Waals surface area (Å²) in [5.74, 6) is 1.41. The van der Waals surface area contributed by atoms with Crippen LogP contribution in [0.4, 0.5) is 13.2 Å². The van der Waals surface area contributed by atoms with Crippen molar-refractivity contribution >= 4 is 29.9 Å². The Kier molecular flexibility index (Phi) is 9.48. The van der Waals surface area contributed by atoms with E-state index in [2.05, 4.69) is 15.6 Å². The van der Waals surface area contributed by atoms with Gasteiger partial charge in [-0.25, -0.2) is 4.99 Å². The first kappa shape index (κ1) is 22.8. The molecule has 5 nitrogen and oxygen atoms in total. The van der Waals surface area contributed by atoms with E-state index in [9.17, 15) is 13.2 Å². The molecular formula is C17H26F3IN4O. The minimum Gasteiger partial charge on any atom is -0.497 e. The minimum atomic E-state index is -4.15. The van der Waals surface area contributed by atoms with E-state index in [0.717, 1.165) is 11.3 Å². The Labute approximate surface area is 169 Å². The zero-order valence-electron chi connectivity index (χ0n) is 15.0. The van der Waals surface area contributed by atoms with Crippen molar-refractivity contribution in [2.45, 2.75) is 32.1 Å². The van der Waals surface area contributed by atoms with Crippen molar-refractivity contribution in [1.82, 2.24) is 15.5 Å². The fraction of sp³-hybridized carbons (Fsp3) is 0.588. The normalized spacial score (nSPS) is 18.3. The van der Waals surface area contributed by atoms with Crippen LogP contribution in [0.15, 0.2) is 29.3 Å². The molecule has 0 aromatic heterocycles. The number of ether oxygens (including phenoxy) is 1. The minimum absolute atomic E-state index is 0. The van der Waals surface area contributed by atoms with Crippen LogP contribution in [-0.4, -0.2) is 56.4 Å². The van der Waals surface area contributed by atoms with Gasteiger partial charge in [0.1, 0.15) is 5.75 Å². The maximum Gasteiger partial charge on any atom is 0.401 e. The number of aliphatic imine (C=N–C) groups is 1. The van der Waals surface area contributed by atoms with Crippen LogP contribution in [0.3, 0.4) is 0 Å². The Hall–Kier alpha value is -1.23. The SMILES string of the molecule is CCNC(=NCc1ccc(OC)cc1)NC1CCN(CC(F)(F)F)C1.I. The Morgan fingerprint density at radius 2 is 2.00 bits per heavy atom. The molecule has 1 aliphatic heterocycles. The topological polar surface area (TPSA) is 48.9 Å². The average Bonchev–Trinajstić information content (AvgIpc) is 2.98. The highest BCUT2D eigenvalue weighted by atomic mass is 127. The monoisotopic (exact) mass is 486 g/mol. The number of nitrogens with zero attached hydrogens (tertiary/aromatic N) is 2. The van der Waals surface area contributed by atoms with Gasteiger partial charge in [-0.2, -0.15) is 13.2 Å². The third-order valence-corrected chi connectivity index (χ3v) is 3.94. The summed E-state index contributed by atoms with van der Waals surface area (Å²) in [4.78, 5) is 5.94. The fourth-order valence-electron chi connectivity index (χ4n) is 2.76. The molecule has 1 aliphatic rings. The first-order chi connectivity index (χ1) is 11.9. The van der Waals surface area contributed by atoms with Gasteiger partial charge in [-0.1, -0.05) is 12.1 Å². The van der Waals surface area contributed by atoms with Crippen LogP contribution < -0.4 is 15.4 Å². The number of nitrogens with one attached hydrogen (secondary N) is 2. The summed E-state index contributed by atoms with van der Waals surface area (Å²) in [7, 11) is 1.62. The molecule has 1 unspecified atom stereocenters. The Bertz CT molecular complexity index is 566. The van der Waals surface area contributed by atoms with Gasteiger partial charge in [0, 0.05) is 25.7 Å². The summed E-state index contributed by atoms with van der Waals surface area (Å²) >= 11 is 0. The van der Waals surface area contributed by atoms with Crippen LogP contribution in [0.5, 0.6) is 5.75 Å². The number of hydrogen-bond acceptors (Lipinski definition) is 3. The highest BCUT2D eigenvalue weighted by Gasteiger charge is 2.34. The number of alkyl halides is 3. The van der Waals surface area contributed by atoms with E-state index >= 15 is 0 Å². The molecule has 1 saturated heterocycles. The van der Waals surface area contributed by atoms with Crippen molar-refractivity contribution in [3.8, 4) is 5.75 Å². The first-order valence-electron chi connectivity index (χ1n) is 8.36. The number of halogens is 4. The van der Waals surface area contributed by atoms with Gasteiger partial charge in [0.25, 0.3) is 0 Å². The molecular weight excluding hydrogens is 460 g/mol. The summed E-state index contributed by atoms with van der Waals surface area (Å²) in [6.07, 6.45) is -3.48. The highest BCUT2D eigenvalue weighted by molar-refractivity contribution is 14.0. The highest BCUT2D eigenvalue weighted by Crippen LogP contribution is 2.20. The molecule has 1 aromatic carbocycles. The van der Waals surface area contributed by atoms with E-state index in [1.807, 2.05) is 31.2 Å². The van der Waals surface area contributed by atoms with Gasteiger partial charge in [0.2, 0.25) is 0 Å². The molecule has 2 N–H and O–H groups in total. The molecule has 26 heavy (non-hydrogen) atoms. The smallest absolute Gasteiger partial charge is 0.401 e. The Morgan fingerprint density at radius 1 is 1.31 bits per heavy atom. The average molecular weight is 486 g/mol. The molecule has 0 bridgehead atoms. The van der Waals surface area contributed by atoms with Crippen molar-refractivity contribution < 1.29 is 17.9 Å². The molecule has 0 spiro atoms. The fourth-order valence-corrected chi connectivity index (χ4v) is 2.76. The molecule has 9 heteroatoms. The maximum absolute atomic E-state index is 12.5. The number of guanidine groups is 1. The first-order valence-corrected chi connectivity index (χ1v) is 8.36. The largest absolute Gasteiger partial charge is 0.497 e. The lowest BCUT2D eigenvalue weighted by atomic mass is 10.2. The molecule has 148 valence electrons. The number of likely N-dealkylation sites (tertiary alicyclic amines) is 1. The van der Waals surface area contributed by atoms with Crippen molar-refractivity contribution in [2.75, 3.05) is 33.3 Å². The summed E-state index contributed by atoms with van der Waals surface area (Å²) in [5, 5.41) is 6.37. The second kappa shape index (κ2) is 10.8. The third kappa shape index (κ3) is 7.98. The van der Waals surface area contributed by atoms with Crippen molar-refractivity contribution in [2.24, 2.45) is 4.99 Å². The second-order valence-electron chi connectivity index (χ2n) is 6.02. The zero-order valence-corrected chi connectivity index (χ0v) is 17.3. The quantitative estimate of drug-likeness (QED) is 0.369. The van der Waals surface area contributed by atoms with Crippen molar-refractivity contribution in [3.63, 3.8) is 0 Å². The lowest BCUT2D eigenvalue weighted by Gasteiger charge is -2.19. The predicted octanol–water partition coefficient (Wildman–Crippen LogP) is 3.00. The molecule has 0 saturated carbocycles. The lowest BCUT2D eigenvalue weighted by molar-refractivity contribution is -0.143. The van der Waals surface area contributed by atoms with Crippen LogP contribution in [0.1, 0.15) is 18.9 Å². The second-order valence-corrected chi connectivity index (χ2v) is 6.02. The summed E-state index contributed by atoms with van der Waals surface area (Å²) in [6.45, 7) is 3.08. The van der Waals surface area contributed by atoms with Gasteiger partial charge in [-0.3, -0.25) is 4.90 Å². The summed E-state index contributed by atoms with van der Waals surface area (Å²) < 4.78 is 42.5. The Morgan fingerprint density at radius 3 is 2.58 bits per heavy atom. The van der Waals surface area contributed by atoms with Gasteiger partial charge >= 0.3 is 6.18 Å². The van der Waals surface area contributed by atoms with E-state index in [1.54, 1.807) is 7.11 Å². The van der Waals surface area contributed by atoms with E-state index in [1.165, 1.54) is 4.90 Å². The molecule has 1 fully saturated rings. The van der Waals surface area contributed by atoms with E-state index in [-0.39, 0.29) is 30.0 Å². The predicted molar refractivity (Wildman–Crippen MR) is 107 cm³/mol. The number of rotatable bonds is 6. The standard InChI is InChI=1S/C17H25F3N4O.HI/c1-3-21-16(22-10-13-4-6-15(25-2)7-5-13)23-14-8-9-24(11-14)12-17(18,19)20;/h4-7,14H,3,8-12H2,1-2H3,(H2,21,22,23);1H. The molecule has 2 rings (SSSR count). The Balaban J connectivity index is 0.00000338. The van der Waals surface area contributed by atoms with E-state index in [4.69, 9.17) is 4.74 Å². The molecule has 0 radical (unpaired) electrons. The number of benzene rings is 1. The van der Waals surface area contributed by atoms with Crippen LogP contribution in [0.2, 0.25) is 0 Å². The molecule has 1 heterocycles. The molecule has 1 aromatic rings. The summed E-state index contributed by atoms with van der Waals surface area (Å²) in [6, 6.07) is 7.59. The zero-order chi connectivity index (χ0) is 18.3. The van der Waals surface area contributed by atoms with Gasteiger partial charge in [-0.05, 0) is 31.0 Å². The lowest BCUT2D eigenvalue weighted by Crippen LogP contribution is -2.45. The van der Waals surface area contributed by atoms with Crippen molar-refractivity contribution in [1.29, 1.82) is 0 Å². The van der Waals surface area contributed by atoms with Crippen LogP contribution in [-0.2, 0) is 6.54 Å². The van der Waals surface area contributed by atoms with Gasteiger partial charge in [-0.15, -0.1) is 24.0 Å². The van der Waals surface area contributed by atoms with Crippen LogP contribution in [0.25, 0.3) is 0 Å². The van der Waals surface area contributed by atoms with E-state index in [0.29, 0.717) is 38.6 Å². The number of hydrogen-bond donors (Lipinski definition) is 2. The van der Waals surface area contributed by atoms with Gasteiger partial charge < -0.3 is 15.4 Å². The van der Waals surface area contributed by atoms with Gasteiger partial charge in [0.15, 0.2) is 5.96 Å². The van der Waals surface area contributed by atoms with E-state index < -0.39 is 12.7 Å². The maximum atomic E-state index is 12.5. The number of methoxy groups -OCH3 is 1. The van der Waals surface area contributed by atoms with Crippen LogP contribution >= 0.6 is 24.0 Å².